The number of hydrogen-bond acceptors (Lipinski definition) is 2. The maximum absolute atomic E-state index is 13.0. The molecule has 2 heterocycles. The lowest BCUT2D eigenvalue weighted by atomic mass is 9.90. The summed E-state index contributed by atoms with van der Waals surface area (Å²) in [6, 6.07) is 16.8. The topological polar surface area (TPSA) is 20.3 Å². The number of nitrogens with zero attached hydrogens (tertiary/aromatic N) is 1. The lowest BCUT2D eigenvalue weighted by molar-refractivity contribution is 0.0695. The van der Waals surface area contributed by atoms with Crippen molar-refractivity contribution in [3.63, 3.8) is 0 Å². The second kappa shape index (κ2) is 7.42. The van der Waals surface area contributed by atoms with Crippen LogP contribution in [-0.4, -0.2) is 23.9 Å². The molecule has 0 aliphatic carbocycles. The van der Waals surface area contributed by atoms with E-state index in [4.69, 9.17) is 11.6 Å². The first kappa shape index (κ1) is 17.6. The molecule has 0 unspecified atom stereocenters. The summed E-state index contributed by atoms with van der Waals surface area (Å²) in [4.78, 5) is 15.7. The second-order valence-electron chi connectivity index (χ2n) is 7.17. The van der Waals surface area contributed by atoms with Crippen LogP contribution in [0.1, 0.15) is 33.6 Å². The molecule has 3 aromatic rings. The number of likely N-dealkylation sites (tertiary alicyclic amines) is 1. The van der Waals surface area contributed by atoms with Gasteiger partial charge in [-0.25, -0.2) is 0 Å². The van der Waals surface area contributed by atoms with E-state index in [-0.39, 0.29) is 5.91 Å². The first-order chi connectivity index (χ1) is 12.6. The average Bonchev–Trinajstić information content (AvgIpc) is 2.98. The Morgan fingerprint density at radius 3 is 2.62 bits per heavy atom. The maximum Gasteiger partial charge on any atom is 0.265 e. The predicted molar refractivity (Wildman–Crippen MR) is 110 cm³/mol. The van der Waals surface area contributed by atoms with Crippen molar-refractivity contribution in [2.24, 2.45) is 5.92 Å². The summed E-state index contributed by atoms with van der Waals surface area (Å²) >= 11 is 8.04. The van der Waals surface area contributed by atoms with Crippen LogP contribution in [0.5, 0.6) is 0 Å². The number of benzene rings is 2. The molecule has 4 rings (SSSR count). The number of amides is 1. The predicted octanol–water partition coefficient (Wildman–Crippen LogP) is 5.96. The van der Waals surface area contributed by atoms with E-state index in [9.17, 15) is 4.79 Å². The maximum atomic E-state index is 13.0. The molecule has 2 nitrogen and oxygen atoms in total. The fourth-order valence-electron chi connectivity index (χ4n) is 3.74. The highest BCUT2D eigenvalue weighted by Gasteiger charge is 2.27. The van der Waals surface area contributed by atoms with E-state index in [1.54, 1.807) is 0 Å². The number of halogens is 1. The van der Waals surface area contributed by atoms with Crippen molar-refractivity contribution >= 4 is 38.9 Å². The third-order valence-corrected chi connectivity index (χ3v) is 6.89. The van der Waals surface area contributed by atoms with Gasteiger partial charge in [0.1, 0.15) is 4.88 Å². The summed E-state index contributed by atoms with van der Waals surface area (Å²) in [5, 5.41) is 1.60. The minimum Gasteiger partial charge on any atom is -0.338 e. The molecular formula is C22H22ClNOS. The van der Waals surface area contributed by atoms with Crippen LogP contribution in [0.2, 0.25) is 5.02 Å². The van der Waals surface area contributed by atoms with Crippen molar-refractivity contribution in [1.82, 2.24) is 4.90 Å². The van der Waals surface area contributed by atoms with Crippen LogP contribution in [0.15, 0.2) is 48.5 Å². The zero-order chi connectivity index (χ0) is 18.1. The van der Waals surface area contributed by atoms with Crippen LogP contribution in [0.25, 0.3) is 10.1 Å². The summed E-state index contributed by atoms with van der Waals surface area (Å²) in [6.07, 6.45) is 3.22. The summed E-state index contributed by atoms with van der Waals surface area (Å²) < 4.78 is 1.09. The van der Waals surface area contributed by atoms with E-state index in [0.29, 0.717) is 15.8 Å². The normalized spacial score (nSPS) is 15.5. The van der Waals surface area contributed by atoms with Crippen molar-refractivity contribution in [2.45, 2.75) is 26.2 Å². The summed E-state index contributed by atoms with van der Waals surface area (Å²) in [6.45, 7) is 3.70. The molecule has 1 saturated heterocycles. The van der Waals surface area contributed by atoms with Gasteiger partial charge in [0.15, 0.2) is 0 Å². The third kappa shape index (κ3) is 3.51. The van der Waals surface area contributed by atoms with Gasteiger partial charge in [-0.2, -0.15) is 0 Å². The van der Waals surface area contributed by atoms with E-state index < -0.39 is 0 Å². The molecule has 0 atom stereocenters. The molecule has 1 aliphatic heterocycles. The van der Waals surface area contributed by atoms with Gasteiger partial charge in [0.05, 0.1) is 5.02 Å². The molecule has 0 N–H and O–H groups in total. The SMILES string of the molecule is Cc1ccc2c(Cl)c(C(=O)N3CCC(Cc4ccccc4)CC3)sc2c1. The number of thiophene rings is 1. The quantitative estimate of drug-likeness (QED) is 0.546. The van der Waals surface area contributed by atoms with Crippen LogP contribution < -0.4 is 0 Å². The van der Waals surface area contributed by atoms with Crippen LogP contribution in [-0.2, 0) is 6.42 Å². The Morgan fingerprint density at radius 2 is 1.88 bits per heavy atom. The van der Waals surface area contributed by atoms with Crippen LogP contribution in [0.3, 0.4) is 0 Å². The van der Waals surface area contributed by atoms with Crippen molar-refractivity contribution < 1.29 is 4.79 Å². The van der Waals surface area contributed by atoms with E-state index in [0.717, 1.165) is 42.4 Å². The van der Waals surface area contributed by atoms with Gasteiger partial charge in [0.25, 0.3) is 5.91 Å². The highest BCUT2D eigenvalue weighted by Crippen LogP contribution is 2.37. The Balaban J connectivity index is 1.44. The monoisotopic (exact) mass is 383 g/mol. The number of carbonyl (C=O) groups is 1. The Hall–Kier alpha value is -1.84. The first-order valence-corrected chi connectivity index (χ1v) is 10.3. The summed E-state index contributed by atoms with van der Waals surface area (Å²) in [5.74, 6) is 0.744. The largest absolute Gasteiger partial charge is 0.338 e. The molecule has 4 heteroatoms. The van der Waals surface area contributed by atoms with Gasteiger partial charge < -0.3 is 4.90 Å². The highest BCUT2D eigenvalue weighted by atomic mass is 35.5. The Morgan fingerprint density at radius 1 is 1.15 bits per heavy atom. The van der Waals surface area contributed by atoms with Crippen LogP contribution in [0, 0.1) is 12.8 Å². The van der Waals surface area contributed by atoms with Gasteiger partial charge in [0.2, 0.25) is 0 Å². The lowest BCUT2D eigenvalue weighted by Crippen LogP contribution is -2.38. The number of aryl methyl sites for hydroxylation is 1. The molecule has 1 amide bonds. The highest BCUT2D eigenvalue weighted by molar-refractivity contribution is 7.21. The Kier molecular flexibility index (Phi) is 5.01. The second-order valence-corrected chi connectivity index (χ2v) is 8.60. The van der Waals surface area contributed by atoms with Crippen molar-refractivity contribution in [3.8, 4) is 0 Å². The molecule has 26 heavy (non-hydrogen) atoms. The van der Waals surface area contributed by atoms with E-state index in [2.05, 4.69) is 43.3 Å². The average molecular weight is 384 g/mol. The molecule has 0 radical (unpaired) electrons. The number of carbonyl (C=O) groups excluding carboxylic acids is 1. The minimum absolute atomic E-state index is 0.0898. The van der Waals surface area contributed by atoms with Gasteiger partial charge >= 0.3 is 0 Å². The van der Waals surface area contributed by atoms with E-state index in [1.807, 2.05) is 17.0 Å². The molecule has 0 saturated carbocycles. The number of piperidine rings is 1. The van der Waals surface area contributed by atoms with Gasteiger partial charge in [-0.1, -0.05) is 54.1 Å². The van der Waals surface area contributed by atoms with Gasteiger partial charge in [-0.05, 0) is 49.3 Å². The number of fused-ring (bicyclic) bond motifs is 1. The van der Waals surface area contributed by atoms with Gasteiger partial charge in [-0.3, -0.25) is 4.79 Å². The molecule has 0 spiro atoms. The molecule has 2 aromatic carbocycles. The lowest BCUT2D eigenvalue weighted by Gasteiger charge is -2.32. The molecular weight excluding hydrogens is 362 g/mol. The smallest absolute Gasteiger partial charge is 0.265 e. The van der Waals surface area contributed by atoms with Crippen molar-refractivity contribution in [3.05, 3.63) is 69.6 Å². The van der Waals surface area contributed by atoms with Crippen molar-refractivity contribution in [1.29, 1.82) is 0 Å². The molecule has 1 fully saturated rings. The molecule has 134 valence electrons. The third-order valence-electron chi connectivity index (χ3n) is 5.25. The Bertz CT molecular complexity index is 926. The molecule has 0 bridgehead atoms. The van der Waals surface area contributed by atoms with Crippen LogP contribution >= 0.6 is 22.9 Å². The fraction of sp³-hybridized carbons (Fsp3) is 0.318. The summed E-state index contributed by atoms with van der Waals surface area (Å²) in [7, 11) is 0. The number of hydrogen-bond donors (Lipinski definition) is 0. The molecule has 1 aromatic heterocycles. The van der Waals surface area contributed by atoms with E-state index >= 15 is 0 Å². The van der Waals surface area contributed by atoms with E-state index in [1.165, 1.54) is 22.5 Å². The zero-order valence-corrected chi connectivity index (χ0v) is 16.4. The van der Waals surface area contributed by atoms with Gasteiger partial charge in [-0.15, -0.1) is 11.3 Å². The van der Waals surface area contributed by atoms with Gasteiger partial charge in [0, 0.05) is 23.2 Å². The zero-order valence-electron chi connectivity index (χ0n) is 14.9. The Labute approximate surface area is 163 Å². The molecule has 1 aliphatic rings. The fourth-order valence-corrected chi connectivity index (χ4v) is 5.32. The number of rotatable bonds is 3. The minimum atomic E-state index is 0.0898. The van der Waals surface area contributed by atoms with Crippen LogP contribution in [0.4, 0.5) is 0 Å². The first-order valence-electron chi connectivity index (χ1n) is 9.13. The standard InChI is InChI=1S/C22H22ClNOS/c1-15-7-8-18-19(13-15)26-21(20(18)23)22(25)24-11-9-17(10-12-24)14-16-5-3-2-4-6-16/h2-8,13,17H,9-12,14H2,1H3. The van der Waals surface area contributed by atoms with Crippen molar-refractivity contribution in [2.75, 3.05) is 13.1 Å². The summed E-state index contributed by atoms with van der Waals surface area (Å²) in [5.41, 5.74) is 2.58.